The van der Waals surface area contributed by atoms with Gasteiger partial charge in [0.15, 0.2) is 0 Å². The second-order valence-electron chi connectivity index (χ2n) is 5.39. The van der Waals surface area contributed by atoms with Crippen LogP contribution in [0.5, 0.6) is 0 Å². The van der Waals surface area contributed by atoms with Crippen LogP contribution < -0.4 is 5.32 Å². The minimum absolute atomic E-state index is 0.0406. The first-order chi connectivity index (χ1) is 11.5. The summed E-state index contributed by atoms with van der Waals surface area (Å²) in [5.74, 6) is -1.03. The normalized spacial score (nSPS) is 10.3. The van der Waals surface area contributed by atoms with E-state index in [4.69, 9.17) is 11.6 Å². The molecule has 0 radical (unpaired) electrons. The zero-order valence-corrected chi connectivity index (χ0v) is 14.0. The molecular formula is C18H18ClFN2O2. The lowest BCUT2D eigenvalue weighted by Gasteiger charge is -2.18. The minimum Gasteiger partial charge on any atom is -0.347 e. The molecule has 4 nitrogen and oxygen atoms in total. The lowest BCUT2D eigenvalue weighted by Crippen LogP contribution is -2.38. The van der Waals surface area contributed by atoms with E-state index in [0.717, 1.165) is 5.56 Å². The van der Waals surface area contributed by atoms with Crippen molar-refractivity contribution >= 4 is 23.4 Å². The van der Waals surface area contributed by atoms with E-state index in [1.54, 1.807) is 6.07 Å². The molecule has 0 bridgehead atoms. The Balaban J connectivity index is 1.84. The number of rotatable bonds is 6. The summed E-state index contributed by atoms with van der Waals surface area (Å²) in [4.78, 5) is 25.2. The highest BCUT2D eigenvalue weighted by molar-refractivity contribution is 6.31. The summed E-state index contributed by atoms with van der Waals surface area (Å²) in [6.45, 7) is -0.104. The van der Waals surface area contributed by atoms with Crippen LogP contribution in [-0.4, -0.2) is 30.3 Å². The van der Waals surface area contributed by atoms with Crippen molar-refractivity contribution in [3.63, 3.8) is 0 Å². The van der Waals surface area contributed by atoms with Gasteiger partial charge in [0.2, 0.25) is 11.8 Å². The number of hydrogen-bond acceptors (Lipinski definition) is 2. The molecule has 0 saturated heterocycles. The van der Waals surface area contributed by atoms with Crippen LogP contribution in [0.4, 0.5) is 4.39 Å². The molecule has 0 unspecified atom stereocenters. The fraction of sp³-hybridized carbons (Fsp3) is 0.222. The Morgan fingerprint density at radius 2 is 1.83 bits per heavy atom. The van der Waals surface area contributed by atoms with Gasteiger partial charge < -0.3 is 10.2 Å². The Kier molecular flexibility index (Phi) is 6.32. The van der Waals surface area contributed by atoms with Gasteiger partial charge in [0.1, 0.15) is 5.82 Å². The van der Waals surface area contributed by atoms with E-state index >= 15 is 0 Å². The highest BCUT2D eigenvalue weighted by Crippen LogP contribution is 2.20. The Hall–Kier alpha value is -2.40. The molecule has 126 valence electrons. The lowest BCUT2D eigenvalue weighted by atomic mass is 10.1. The van der Waals surface area contributed by atoms with E-state index < -0.39 is 5.82 Å². The van der Waals surface area contributed by atoms with Crippen LogP contribution in [0.1, 0.15) is 11.1 Å². The molecule has 0 fully saturated rings. The van der Waals surface area contributed by atoms with Crippen molar-refractivity contribution in [3.05, 3.63) is 70.5 Å². The van der Waals surface area contributed by atoms with Crippen molar-refractivity contribution in [3.8, 4) is 0 Å². The second-order valence-corrected chi connectivity index (χ2v) is 5.80. The van der Waals surface area contributed by atoms with Crippen molar-refractivity contribution in [2.24, 2.45) is 0 Å². The topological polar surface area (TPSA) is 49.4 Å². The molecule has 6 heteroatoms. The molecule has 0 aliphatic carbocycles. The molecule has 24 heavy (non-hydrogen) atoms. The summed E-state index contributed by atoms with van der Waals surface area (Å²) in [6.07, 6.45) is 0.205. The third-order valence-corrected chi connectivity index (χ3v) is 3.88. The Labute approximate surface area is 145 Å². The van der Waals surface area contributed by atoms with E-state index in [1.165, 1.54) is 24.1 Å². The third-order valence-electron chi connectivity index (χ3n) is 3.53. The average Bonchev–Trinajstić information content (AvgIpc) is 2.57. The summed E-state index contributed by atoms with van der Waals surface area (Å²) >= 11 is 5.95. The van der Waals surface area contributed by atoms with Crippen molar-refractivity contribution in [1.29, 1.82) is 0 Å². The number of benzene rings is 2. The van der Waals surface area contributed by atoms with E-state index in [2.05, 4.69) is 5.32 Å². The number of carbonyl (C=O) groups excluding carboxylic acids is 2. The average molecular weight is 349 g/mol. The second kappa shape index (κ2) is 8.45. The van der Waals surface area contributed by atoms with Gasteiger partial charge in [0.05, 0.1) is 13.0 Å². The largest absolute Gasteiger partial charge is 0.347 e. The zero-order valence-electron chi connectivity index (χ0n) is 13.3. The zero-order chi connectivity index (χ0) is 17.5. The van der Waals surface area contributed by atoms with Crippen LogP contribution in [0.15, 0.2) is 48.5 Å². The van der Waals surface area contributed by atoms with Crippen LogP contribution in [-0.2, 0) is 22.6 Å². The molecule has 0 heterocycles. The number of halogens is 2. The maximum atomic E-state index is 13.7. The first kappa shape index (κ1) is 17.9. The van der Waals surface area contributed by atoms with Gasteiger partial charge in [-0.25, -0.2) is 4.39 Å². The maximum absolute atomic E-state index is 13.7. The molecule has 2 amide bonds. The number of nitrogens with zero attached hydrogens (tertiary/aromatic N) is 1. The molecule has 1 N–H and O–H groups in total. The van der Waals surface area contributed by atoms with Crippen molar-refractivity contribution in [2.45, 2.75) is 13.0 Å². The minimum atomic E-state index is -0.463. The van der Waals surface area contributed by atoms with Crippen LogP contribution >= 0.6 is 11.6 Å². The first-order valence-electron chi connectivity index (χ1n) is 7.45. The summed E-state index contributed by atoms with van der Waals surface area (Å²) in [5.41, 5.74) is 1.12. The quantitative estimate of drug-likeness (QED) is 0.872. The van der Waals surface area contributed by atoms with Crippen LogP contribution in [0, 0.1) is 5.82 Å². The Morgan fingerprint density at radius 1 is 1.12 bits per heavy atom. The Bertz CT molecular complexity index is 702. The smallest absolute Gasteiger partial charge is 0.242 e. The maximum Gasteiger partial charge on any atom is 0.242 e. The van der Waals surface area contributed by atoms with Crippen molar-refractivity contribution in [1.82, 2.24) is 10.2 Å². The summed E-state index contributed by atoms with van der Waals surface area (Å²) in [7, 11) is 1.54. The van der Waals surface area contributed by atoms with Crippen LogP contribution in [0.25, 0.3) is 0 Å². The third kappa shape index (κ3) is 5.06. The number of amides is 2. The van der Waals surface area contributed by atoms with Gasteiger partial charge in [-0.1, -0.05) is 48.0 Å². The molecule has 2 rings (SSSR count). The van der Waals surface area contributed by atoms with Crippen LogP contribution in [0.3, 0.4) is 0 Å². The van der Waals surface area contributed by atoms with Crippen molar-refractivity contribution in [2.75, 3.05) is 13.6 Å². The summed E-state index contributed by atoms with van der Waals surface area (Å²) in [5, 5.41) is 2.84. The van der Waals surface area contributed by atoms with E-state index in [9.17, 15) is 14.0 Å². The van der Waals surface area contributed by atoms with Crippen LogP contribution in [0.2, 0.25) is 5.02 Å². The van der Waals surface area contributed by atoms with Gasteiger partial charge in [-0.2, -0.15) is 0 Å². The molecule has 0 atom stereocenters. The Morgan fingerprint density at radius 3 is 2.50 bits per heavy atom. The number of nitrogens with one attached hydrogen (secondary N) is 1. The van der Waals surface area contributed by atoms with E-state index in [1.807, 2.05) is 30.3 Å². The SMILES string of the molecule is CN(Cc1c(F)cccc1Cl)C(=O)CNC(=O)Cc1ccccc1. The van der Waals surface area contributed by atoms with E-state index in [-0.39, 0.29) is 41.9 Å². The first-order valence-corrected chi connectivity index (χ1v) is 7.82. The number of hydrogen-bond donors (Lipinski definition) is 1. The fourth-order valence-corrected chi connectivity index (χ4v) is 2.38. The van der Waals surface area contributed by atoms with Gasteiger partial charge in [0.25, 0.3) is 0 Å². The number of likely N-dealkylation sites (N-methyl/N-ethyl adjacent to an activating group) is 1. The highest BCUT2D eigenvalue weighted by Gasteiger charge is 2.15. The predicted molar refractivity (Wildman–Crippen MR) is 91.0 cm³/mol. The van der Waals surface area contributed by atoms with Crippen molar-refractivity contribution < 1.29 is 14.0 Å². The molecule has 0 saturated carbocycles. The van der Waals surface area contributed by atoms with Gasteiger partial charge in [-0.05, 0) is 17.7 Å². The molecule has 0 spiro atoms. The number of carbonyl (C=O) groups is 2. The molecule has 2 aromatic carbocycles. The predicted octanol–water partition coefficient (Wildman–Crippen LogP) is 2.80. The highest BCUT2D eigenvalue weighted by atomic mass is 35.5. The van der Waals surface area contributed by atoms with Gasteiger partial charge in [-0.15, -0.1) is 0 Å². The molecule has 0 aliphatic rings. The summed E-state index contributed by atoms with van der Waals surface area (Å²) < 4.78 is 13.7. The lowest BCUT2D eigenvalue weighted by molar-refractivity contribution is -0.132. The molecular weight excluding hydrogens is 331 g/mol. The monoisotopic (exact) mass is 348 g/mol. The summed E-state index contributed by atoms with van der Waals surface area (Å²) in [6, 6.07) is 13.6. The molecule has 2 aromatic rings. The standard InChI is InChI=1S/C18H18ClFN2O2/c1-22(12-14-15(19)8-5-9-16(14)20)18(24)11-21-17(23)10-13-6-3-2-4-7-13/h2-9H,10-12H2,1H3,(H,21,23). The fourth-order valence-electron chi connectivity index (χ4n) is 2.16. The van der Waals surface area contributed by atoms with Gasteiger partial charge in [0, 0.05) is 24.2 Å². The molecule has 0 aromatic heterocycles. The molecule has 0 aliphatic heterocycles. The van der Waals surface area contributed by atoms with Gasteiger partial charge >= 0.3 is 0 Å². The van der Waals surface area contributed by atoms with E-state index in [0.29, 0.717) is 0 Å². The van der Waals surface area contributed by atoms with Gasteiger partial charge in [-0.3, -0.25) is 9.59 Å².